The van der Waals surface area contributed by atoms with Crippen molar-refractivity contribution in [2.75, 3.05) is 0 Å². The quantitative estimate of drug-likeness (QED) is 0.569. The Kier molecular flexibility index (Phi) is 3.74. The van der Waals surface area contributed by atoms with Crippen LogP contribution in [-0.4, -0.2) is 22.3 Å². The molecule has 6 nitrogen and oxygen atoms in total. The second-order valence-electron chi connectivity index (χ2n) is 4.56. The highest BCUT2D eigenvalue weighted by molar-refractivity contribution is 6.04. The molecule has 3 rings (SSSR count). The van der Waals surface area contributed by atoms with Gasteiger partial charge in [-0.1, -0.05) is 48.5 Å². The molecule has 0 aliphatic rings. The number of hydrogen-bond donors (Lipinski definition) is 2. The maximum Gasteiger partial charge on any atom is 0.292 e. The number of aromatic nitrogens is 2. The molecule has 0 atom stereocenters. The molecule has 1 heterocycles. The highest BCUT2D eigenvalue weighted by Crippen LogP contribution is 2.11. The first-order valence-electron chi connectivity index (χ1n) is 6.61. The van der Waals surface area contributed by atoms with Gasteiger partial charge in [0.2, 0.25) is 0 Å². The number of nitrogens with one attached hydrogen (secondary N) is 2. The molecule has 0 unspecified atom stereocenters. The van der Waals surface area contributed by atoms with E-state index in [0.29, 0.717) is 10.8 Å². The van der Waals surface area contributed by atoms with Gasteiger partial charge in [0.25, 0.3) is 11.5 Å². The summed E-state index contributed by atoms with van der Waals surface area (Å²) in [4.78, 5) is 23.8. The normalized spacial score (nSPS) is 10.9. The molecule has 0 radical (unpaired) electrons. The molecule has 2 N–H and O–H groups in total. The number of carbonyl (C=O) groups excluding carboxylic acids is 1. The van der Waals surface area contributed by atoms with Gasteiger partial charge in [-0.05, 0) is 11.6 Å². The summed E-state index contributed by atoms with van der Waals surface area (Å²) in [6, 6.07) is 16.2. The predicted molar refractivity (Wildman–Crippen MR) is 83.9 cm³/mol. The Hall–Kier alpha value is -3.28. The summed E-state index contributed by atoms with van der Waals surface area (Å²) in [6.07, 6.45) is 1.53. The molecule has 1 amide bonds. The smallest absolute Gasteiger partial charge is 0.267 e. The minimum absolute atomic E-state index is 0.125. The Labute approximate surface area is 125 Å². The maximum absolute atomic E-state index is 12.2. The average molecular weight is 292 g/mol. The lowest BCUT2D eigenvalue weighted by molar-refractivity contribution is 0.0951. The fourth-order valence-corrected chi connectivity index (χ4v) is 2.05. The van der Waals surface area contributed by atoms with E-state index in [4.69, 9.17) is 0 Å². The molecule has 0 aliphatic carbocycles. The molecule has 22 heavy (non-hydrogen) atoms. The molecule has 3 aromatic rings. The number of rotatable bonds is 3. The molecule has 0 bridgehead atoms. The van der Waals surface area contributed by atoms with Crippen LogP contribution in [-0.2, 0) is 0 Å². The van der Waals surface area contributed by atoms with Gasteiger partial charge in [0.1, 0.15) is 0 Å². The fraction of sp³-hybridized carbons (Fsp3) is 0. The van der Waals surface area contributed by atoms with E-state index >= 15 is 0 Å². The van der Waals surface area contributed by atoms with Gasteiger partial charge in [0.15, 0.2) is 5.69 Å². The summed E-state index contributed by atoms with van der Waals surface area (Å²) in [5, 5.41) is 10.9. The zero-order chi connectivity index (χ0) is 15.4. The Morgan fingerprint density at radius 1 is 1.05 bits per heavy atom. The fourth-order valence-electron chi connectivity index (χ4n) is 2.05. The minimum atomic E-state index is -0.486. The number of fused-ring (bicyclic) bond motifs is 1. The van der Waals surface area contributed by atoms with Crippen LogP contribution in [0.1, 0.15) is 16.1 Å². The topological polar surface area (TPSA) is 87.2 Å². The van der Waals surface area contributed by atoms with E-state index in [-0.39, 0.29) is 11.3 Å². The third-order valence-corrected chi connectivity index (χ3v) is 3.09. The lowest BCUT2D eigenvalue weighted by Gasteiger charge is -2.02. The monoisotopic (exact) mass is 292 g/mol. The van der Waals surface area contributed by atoms with Crippen molar-refractivity contribution in [3.8, 4) is 0 Å². The van der Waals surface area contributed by atoms with Crippen LogP contribution < -0.4 is 11.0 Å². The largest absolute Gasteiger partial charge is 0.292 e. The summed E-state index contributed by atoms with van der Waals surface area (Å²) in [5.74, 6) is -0.486. The highest BCUT2D eigenvalue weighted by Gasteiger charge is 2.12. The second-order valence-corrected chi connectivity index (χ2v) is 4.56. The third-order valence-electron chi connectivity index (χ3n) is 3.09. The van der Waals surface area contributed by atoms with E-state index in [1.165, 1.54) is 6.21 Å². The van der Waals surface area contributed by atoms with E-state index in [1.54, 1.807) is 24.3 Å². The summed E-state index contributed by atoms with van der Waals surface area (Å²) in [6.45, 7) is 0. The maximum atomic E-state index is 12.2. The molecular formula is C16H12N4O2. The van der Waals surface area contributed by atoms with Crippen molar-refractivity contribution in [1.82, 2.24) is 15.6 Å². The van der Waals surface area contributed by atoms with E-state index in [0.717, 1.165) is 5.56 Å². The zero-order valence-electron chi connectivity index (χ0n) is 11.5. The van der Waals surface area contributed by atoms with Crippen molar-refractivity contribution in [1.29, 1.82) is 0 Å². The second kappa shape index (κ2) is 6.01. The van der Waals surface area contributed by atoms with Crippen LogP contribution in [0.5, 0.6) is 0 Å². The molecular weight excluding hydrogens is 280 g/mol. The lowest BCUT2D eigenvalue weighted by atomic mass is 10.1. The Morgan fingerprint density at radius 2 is 1.73 bits per heavy atom. The molecule has 108 valence electrons. The number of benzene rings is 2. The number of hydrogen-bond acceptors (Lipinski definition) is 4. The number of carbonyl (C=O) groups is 1. The van der Waals surface area contributed by atoms with Gasteiger partial charge in [-0.3, -0.25) is 9.59 Å². The van der Waals surface area contributed by atoms with E-state index in [9.17, 15) is 9.59 Å². The van der Waals surface area contributed by atoms with Gasteiger partial charge in [-0.15, -0.1) is 0 Å². The van der Waals surface area contributed by atoms with Crippen molar-refractivity contribution in [3.63, 3.8) is 0 Å². The van der Waals surface area contributed by atoms with Crippen LogP contribution in [0.2, 0.25) is 0 Å². The molecule has 1 aromatic heterocycles. The summed E-state index contributed by atoms with van der Waals surface area (Å²) in [7, 11) is 0. The van der Waals surface area contributed by atoms with Gasteiger partial charge < -0.3 is 0 Å². The lowest BCUT2D eigenvalue weighted by Crippen LogP contribution is -2.22. The van der Waals surface area contributed by atoms with Crippen molar-refractivity contribution < 1.29 is 4.79 Å². The SMILES string of the molecule is O=C(NN=Cc1ccccc1)c1n[nH]c(=O)c2ccccc12. The Morgan fingerprint density at radius 3 is 2.50 bits per heavy atom. The van der Waals surface area contributed by atoms with Crippen LogP contribution >= 0.6 is 0 Å². The van der Waals surface area contributed by atoms with Crippen molar-refractivity contribution in [2.45, 2.75) is 0 Å². The van der Waals surface area contributed by atoms with Gasteiger partial charge in [0, 0.05) is 5.39 Å². The first-order valence-corrected chi connectivity index (χ1v) is 6.61. The van der Waals surface area contributed by atoms with Crippen molar-refractivity contribution in [2.24, 2.45) is 5.10 Å². The number of amides is 1. The molecule has 2 aromatic carbocycles. The van der Waals surface area contributed by atoms with Crippen LogP contribution in [0.4, 0.5) is 0 Å². The number of nitrogens with zero attached hydrogens (tertiary/aromatic N) is 2. The molecule has 0 aliphatic heterocycles. The van der Waals surface area contributed by atoms with E-state index in [1.807, 2.05) is 30.3 Å². The summed E-state index contributed by atoms with van der Waals surface area (Å²) >= 11 is 0. The molecule has 0 fully saturated rings. The van der Waals surface area contributed by atoms with Crippen LogP contribution in [0, 0.1) is 0 Å². The molecule has 6 heteroatoms. The predicted octanol–water partition coefficient (Wildman–Crippen LogP) is 1.69. The Balaban J connectivity index is 1.86. The highest BCUT2D eigenvalue weighted by atomic mass is 16.2. The van der Waals surface area contributed by atoms with Gasteiger partial charge in [-0.25, -0.2) is 10.5 Å². The van der Waals surface area contributed by atoms with E-state index < -0.39 is 5.91 Å². The third kappa shape index (κ3) is 2.76. The van der Waals surface area contributed by atoms with Gasteiger partial charge in [-0.2, -0.15) is 10.2 Å². The Bertz CT molecular complexity index is 901. The number of H-pyrrole nitrogens is 1. The zero-order valence-corrected chi connectivity index (χ0v) is 11.5. The first-order chi connectivity index (χ1) is 10.8. The first kappa shape index (κ1) is 13.7. The van der Waals surface area contributed by atoms with Crippen molar-refractivity contribution >= 4 is 22.9 Å². The minimum Gasteiger partial charge on any atom is -0.267 e. The van der Waals surface area contributed by atoms with Gasteiger partial charge >= 0.3 is 0 Å². The number of hydrazone groups is 1. The summed E-state index contributed by atoms with van der Waals surface area (Å²) < 4.78 is 0. The van der Waals surface area contributed by atoms with Gasteiger partial charge in [0.05, 0.1) is 11.6 Å². The molecule has 0 spiro atoms. The van der Waals surface area contributed by atoms with E-state index in [2.05, 4.69) is 20.7 Å². The van der Waals surface area contributed by atoms with Crippen LogP contribution in [0.3, 0.4) is 0 Å². The standard InChI is InChI=1S/C16H12N4O2/c21-15-13-9-5-4-8-12(13)14(18-20-15)16(22)19-17-10-11-6-2-1-3-7-11/h1-10H,(H,19,22)(H,20,21). The summed E-state index contributed by atoms with van der Waals surface area (Å²) in [5.41, 5.74) is 3.06. The molecule has 0 saturated heterocycles. The number of aromatic amines is 1. The molecule has 0 saturated carbocycles. The average Bonchev–Trinajstić information content (AvgIpc) is 2.56. The van der Waals surface area contributed by atoms with Crippen LogP contribution in [0.15, 0.2) is 64.5 Å². The van der Waals surface area contributed by atoms with Crippen LogP contribution in [0.25, 0.3) is 10.8 Å². The van der Waals surface area contributed by atoms with Crippen molar-refractivity contribution in [3.05, 3.63) is 76.2 Å².